The van der Waals surface area contributed by atoms with E-state index >= 15 is 0 Å². The Morgan fingerprint density at radius 1 is 1.50 bits per heavy atom. The van der Waals surface area contributed by atoms with Gasteiger partial charge in [-0.25, -0.2) is 0 Å². The van der Waals surface area contributed by atoms with E-state index in [0.29, 0.717) is 0 Å². The van der Waals surface area contributed by atoms with Crippen molar-refractivity contribution >= 4 is 15.9 Å². The molecule has 1 rings (SSSR count). The third-order valence-corrected chi connectivity index (χ3v) is 2.84. The van der Waals surface area contributed by atoms with Gasteiger partial charge in [0.1, 0.15) is 5.75 Å². The molecule has 0 aliphatic heterocycles. The molecule has 3 N–H and O–H groups in total. The Kier molecular flexibility index (Phi) is 3.96. The van der Waals surface area contributed by atoms with Gasteiger partial charge >= 0.3 is 0 Å². The van der Waals surface area contributed by atoms with Crippen molar-refractivity contribution in [2.24, 2.45) is 5.73 Å². The van der Waals surface area contributed by atoms with Gasteiger partial charge in [0.2, 0.25) is 0 Å². The van der Waals surface area contributed by atoms with Crippen molar-refractivity contribution in [2.75, 3.05) is 0 Å². The minimum absolute atomic E-state index is 0.0730. The third-order valence-electron chi connectivity index (χ3n) is 2.24. The number of hydrogen-bond donors (Lipinski definition) is 2. The van der Waals surface area contributed by atoms with Crippen LogP contribution in [0.5, 0.6) is 5.75 Å². The molecule has 1 unspecified atom stereocenters. The van der Waals surface area contributed by atoms with E-state index in [0.717, 1.165) is 28.4 Å². The first-order valence-corrected chi connectivity index (χ1v) is 5.60. The third kappa shape index (κ3) is 2.49. The number of aromatic hydroxyl groups is 1. The summed E-state index contributed by atoms with van der Waals surface area (Å²) in [7, 11) is 0. The fourth-order valence-electron chi connectivity index (χ4n) is 1.51. The van der Waals surface area contributed by atoms with Gasteiger partial charge in [-0.05, 0) is 40.9 Å². The van der Waals surface area contributed by atoms with Crippen molar-refractivity contribution in [3.63, 3.8) is 0 Å². The van der Waals surface area contributed by atoms with E-state index in [1.807, 2.05) is 19.1 Å². The Morgan fingerprint density at radius 2 is 2.14 bits per heavy atom. The molecule has 0 amide bonds. The van der Waals surface area contributed by atoms with Crippen molar-refractivity contribution in [2.45, 2.75) is 32.7 Å². The average molecular weight is 258 g/mol. The summed E-state index contributed by atoms with van der Waals surface area (Å²) in [5.74, 6) is 0.275. The predicted molar refractivity (Wildman–Crippen MR) is 62.4 cm³/mol. The van der Waals surface area contributed by atoms with E-state index in [4.69, 9.17) is 5.73 Å². The molecule has 0 radical (unpaired) electrons. The SMILES string of the molecule is CCCC(N)c1cc(C)cc(Br)c1O. The van der Waals surface area contributed by atoms with Crippen LogP contribution in [0.25, 0.3) is 0 Å². The van der Waals surface area contributed by atoms with Gasteiger partial charge in [-0.2, -0.15) is 0 Å². The van der Waals surface area contributed by atoms with Gasteiger partial charge in [-0.1, -0.05) is 19.4 Å². The number of phenols is 1. The molecule has 0 spiro atoms. The van der Waals surface area contributed by atoms with Crippen LogP contribution in [-0.2, 0) is 0 Å². The predicted octanol–water partition coefficient (Wildman–Crippen LogP) is 3.26. The highest BCUT2D eigenvalue weighted by Crippen LogP contribution is 2.33. The quantitative estimate of drug-likeness (QED) is 0.874. The maximum absolute atomic E-state index is 9.79. The van der Waals surface area contributed by atoms with Crippen molar-refractivity contribution in [3.8, 4) is 5.75 Å². The Hall–Kier alpha value is -0.540. The first-order valence-electron chi connectivity index (χ1n) is 4.80. The first-order chi connectivity index (χ1) is 6.56. The number of halogens is 1. The van der Waals surface area contributed by atoms with Crippen LogP contribution in [0, 0.1) is 6.92 Å². The second-order valence-corrected chi connectivity index (χ2v) is 4.43. The van der Waals surface area contributed by atoms with Gasteiger partial charge in [-0.15, -0.1) is 0 Å². The summed E-state index contributed by atoms with van der Waals surface area (Å²) in [4.78, 5) is 0. The lowest BCUT2D eigenvalue weighted by molar-refractivity contribution is 0.454. The molecule has 0 saturated heterocycles. The van der Waals surface area contributed by atoms with Crippen LogP contribution in [0.1, 0.15) is 36.9 Å². The lowest BCUT2D eigenvalue weighted by Crippen LogP contribution is -2.10. The zero-order valence-electron chi connectivity index (χ0n) is 8.55. The molecule has 0 aromatic heterocycles. The van der Waals surface area contributed by atoms with Crippen LogP contribution < -0.4 is 5.73 Å². The summed E-state index contributed by atoms with van der Waals surface area (Å²) in [5, 5.41) is 9.79. The minimum atomic E-state index is -0.0730. The highest BCUT2D eigenvalue weighted by atomic mass is 79.9. The maximum atomic E-state index is 9.79. The molecule has 0 fully saturated rings. The molecule has 2 nitrogen and oxygen atoms in total. The van der Waals surface area contributed by atoms with E-state index in [-0.39, 0.29) is 11.8 Å². The molecular weight excluding hydrogens is 242 g/mol. The molecule has 0 aliphatic carbocycles. The molecule has 1 aromatic carbocycles. The largest absolute Gasteiger partial charge is 0.506 e. The smallest absolute Gasteiger partial charge is 0.134 e. The molecule has 1 aromatic rings. The van der Waals surface area contributed by atoms with Gasteiger partial charge in [0.15, 0.2) is 0 Å². The number of aryl methyl sites for hydroxylation is 1. The van der Waals surface area contributed by atoms with Crippen LogP contribution >= 0.6 is 15.9 Å². The molecule has 78 valence electrons. The summed E-state index contributed by atoms with van der Waals surface area (Å²) in [6.07, 6.45) is 1.91. The summed E-state index contributed by atoms with van der Waals surface area (Å²) in [6, 6.07) is 3.76. The van der Waals surface area contributed by atoms with Crippen LogP contribution in [0.4, 0.5) is 0 Å². The zero-order chi connectivity index (χ0) is 10.7. The second kappa shape index (κ2) is 4.80. The van der Waals surface area contributed by atoms with Gasteiger partial charge in [0.05, 0.1) is 4.47 Å². The Balaban J connectivity index is 3.07. The minimum Gasteiger partial charge on any atom is -0.506 e. The maximum Gasteiger partial charge on any atom is 0.134 e. The summed E-state index contributed by atoms with van der Waals surface area (Å²) < 4.78 is 0.721. The van der Waals surface area contributed by atoms with Crippen molar-refractivity contribution in [3.05, 3.63) is 27.7 Å². The van der Waals surface area contributed by atoms with Gasteiger partial charge in [0.25, 0.3) is 0 Å². The van der Waals surface area contributed by atoms with Gasteiger partial charge < -0.3 is 10.8 Å². The standard InChI is InChI=1S/C11H16BrNO/c1-3-4-10(13)8-5-7(2)6-9(12)11(8)14/h5-6,10,14H,3-4,13H2,1-2H3. The summed E-state index contributed by atoms with van der Waals surface area (Å²) >= 11 is 3.31. The molecule has 0 heterocycles. The Bertz CT molecular complexity index is 325. The molecular formula is C11H16BrNO. The Labute approximate surface area is 93.3 Å². The van der Waals surface area contributed by atoms with E-state index in [2.05, 4.69) is 22.9 Å². The fourth-order valence-corrected chi connectivity index (χ4v) is 2.10. The normalized spacial score (nSPS) is 12.9. The first kappa shape index (κ1) is 11.5. The van der Waals surface area contributed by atoms with Crippen molar-refractivity contribution in [1.29, 1.82) is 0 Å². The molecule has 1 atom stereocenters. The van der Waals surface area contributed by atoms with E-state index in [1.165, 1.54) is 0 Å². The number of hydrogen-bond acceptors (Lipinski definition) is 2. The zero-order valence-corrected chi connectivity index (χ0v) is 10.1. The van der Waals surface area contributed by atoms with Crippen LogP contribution in [-0.4, -0.2) is 5.11 Å². The summed E-state index contributed by atoms with van der Waals surface area (Å²) in [6.45, 7) is 4.08. The van der Waals surface area contributed by atoms with Crippen LogP contribution in [0.2, 0.25) is 0 Å². The average Bonchev–Trinajstić information content (AvgIpc) is 2.11. The van der Waals surface area contributed by atoms with Crippen LogP contribution in [0.15, 0.2) is 16.6 Å². The highest BCUT2D eigenvalue weighted by Gasteiger charge is 2.12. The van der Waals surface area contributed by atoms with Crippen LogP contribution in [0.3, 0.4) is 0 Å². The molecule has 0 saturated carbocycles. The fraction of sp³-hybridized carbons (Fsp3) is 0.455. The number of rotatable bonds is 3. The lowest BCUT2D eigenvalue weighted by Gasteiger charge is -2.14. The molecule has 0 bridgehead atoms. The monoisotopic (exact) mass is 257 g/mol. The second-order valence-electron chi connectivity index (χ2n) is 3.58. The highest BCUT2D eigenvalue weighted by molar-refractivity contribution is 9.10. The Morgan fingerprint density at radius 3 is 2.71 bits per heavy atom. The van der Waals surface area contributed by atoms with Crippen molar-refractivity contribution < 1.29 is 5.11 Å². The molecule has 14 heavy (non-hydrogen) atoms. The molecule has 0 aliphatic rings. The molecule has 3 heteroatoms. The number of nitrogens with two attached hydrogens (primary N) is 1. The topological polar surface area (TPSA) is 46.2 Å². The van der Waals surface area contributed by atoms with E-state index in [9.17, 15) is 5.11 Å². The van der Waals surface area contributed by atoms with E-state index in [1.54, 1.807) is 0 Å². The van der Waals surface area contributed by atoms with Gasteiger partial charge in [0, 0.05) is 11.6 Å². The lowest BCUT2D eigenvalue weighted by atomic mass is 10.0. The van der Waals surface area contributed by atoms with E-state index < -0.39 is 0 Å². The van der Waals surface area contributed by atoms with Crippen molar-refractivity contribution in [1.82, 2.24) is 0 Å². The number of benzene rings is 1. The summed E-state index contributed by atoms with van der Waals surface area (Å²) in [5.41, 5.74) is 7.90. The number of phenolic OH excluding ortho intramolecular Hbond substituents is 1. The van der Waals surface area contributed by atoms with Gasteiger partial charge in [-0.3, -0.25) is 0 Å².